The van der Waals surface area contributed by atoms with E-state index in [0.29, 0.717) is 17.0 Å². The summed E-state index contributed by atoms with van der Waals surface area (Å²) in [7, 11) is 0. The van der Waals surface area contributed by atoms with Gasteiger partial charge in [0.1, 0.15) is 0 Å². The molecule has 0 fully saturated rings. The Morgan fingerprint density at radius 2 is 2.24 bits per heavy atom. The van der Waals surface area contributed by atoms with Crippen LogP contribution >= 0.6 is 24.0 Å². The number of aromatic nitrogens is 1. The van der Waals surface area contributed by atoms with Crippen LogP contribution in [0.3, 0.4) is 0 Å². The fourth-order valence-electron chi connectivity index (χ4n) is 1.42. The molecule has 1 amide bonds. The van der Waals surface area contributed by atoms with Crippen LogP contribution in [0, 0.1) is 6.92 Å². The van der Waals surface area contributed by atoms with Crippen LogP contribution in [0.15, 0.2) is 34.7 Å². The van der Waals surface area contributed by atoms with E-state index in [0.717, 1.165) is 10.6 Å². The van der Waals surface area contributed by atoms with Crippen molar-refractivity contribution >= 4 is 29.9 Å². The molecule has 1 aromatic heterocycles. The summed E-state index contributed by atoms with van der Waals surface area (Å²) in [6, 6.07) is 7.24. The second kappa shape index (κ2) is 5.33. The van der Waals surface area contributed by atoms with Gasteiger partial charge in [0.25, 0.3) is 5.91 Å². The minimum absolute atomic E-state index is 0.108. The number of hydrogen-bond donors (Lipinski definition) is 2. The lowest BCUT2D eigenvalue weighted by molar-refractivity contribution is 0.0948. The minimum atomic E-state index is -0.108. The Morgan fingerprint density at radius 3 is 2.88 bits per heavy atom. The van der Waals surface area contributed by atoms with Crippen LogP contribution in [0.4, 0.5) is 0 Å². The fraction of sp³-hybridized carbons (Fsp3) is 0.167. The number of nitrogens with one attached hydrogen (secondary N) is 1. The van der Waals surface area contributed by atoms with Gasteiger partial charge < -0.3 is 5.32 Å². The Labute approximate surface area is 109 Å². The lowest BCUT2D eigenvalue weighted by Gasteiger charge is -2.06. The SMILES string of the molecule is Cc1ncsc1CNC(=O)c1ccccc1S. The first kappa shape index (κ1) is 12.1. The smallest absolute Gasteiger partial charge is 0.252 e. The number of carbonyl (C=O) groups is 1. The monoisotopic (exact) mass is 264 g/mol. The maximum atomic E-state index is 11.9. The van der Waals surface area contributed by atoms with E-state index < -0.39 is 0 Å². The van der Waals surface area contributed by atoms with E-state index in [1.165, 1.54) is 0 Å². The summed E-state index contributed by atoms with van der Waals surface area (Å²) in [6.45, 7) is 2.45. The van der Waals surface area contributed by atoms with Crippen LogP contribution in [0.2, 0.25) is 0 Å². The lowest BCUT2D eigenvalue weighted by atomic mass is 10.2. The van der Waals surface area contributed by atoms with Crippen molar-refractivity contribution in [2.24, 2.45) is 0 Å². The topological polar surface area (TPSA) is 42.0 Å². The van der Waals surface area contributed by atoms with Crippen molar-refractivity contribution in [3.05, 3.63) is 45.9 Å². The number of thiazole rings is 1. The Morgan fingerprint density at radius 1 is 1.47 bits per heavy atom. The summed E-state index contributed by atoms with van der Waals surface area (Å²) in [6.07, 6.45) is 0. The Hall–Kier alpha value is -1.33. The molecule has 0 saturated carbocycles. The first-order valence-electron chi connectivity index (χ1n) is 5.13. The van der Waals surface area contributed by atoms with E-state index >= 15 is 0 Å². The molecule has 0 bridgehead atoms. The van der Waals surface area contributed by atoms with E-state index in [2.05, 4.69) is 22.9 Å². The molecule has 1 aromatic carbocycles. The molecule has 0 spiro atoms. The lowest BCUT2D eigenvalue weighted by Crippen LogP contribution is -2.23. The molecule has 2 aromatic rings. The summed E-state index contributed by atoms with van der Waals surface area (Å²) in [4.78, 5) is 17.8. The highest BCUT2D eigenvalue weighted by molar-refractivity contribution is 7.80. The van der Waals surface area contributed by atoms with Gasteiger partial charge in [0.05, 0.1) is 23.3 Å². The normalized spacial score (nSPS) is 10.2. The third kappa shape index (κ3) is 2.87. The van der Waals surface area contributed by atoms with Gasteiger partial charge in [0.15, 0.2) is 0 Å². The molecule has 0 aliphatic rings. The number of hydrogen-bond acceptors (Lipinski definition) is 4. The van der Waals surface area contributed by atoms with Crippen molar-refractivity contribution in [3.63, 3.8) is 0 Å². The van der Waals surface area contributed by atoms with Crippen LogP contribution in [0.25, 0.3) is 0 Å². The second-order valence-corrected chi connectivity index (χ2v) is 4.98. The molecule has 1 N–H and O–H groups in total. The molecule has 0 aliphatic heterocycles. The highest BCUT2D eigenvalue weighted by Gasteiger charge is 2.09. The van der Waals surface area contributed by atoms with Crippen molar-refractivity contribution in [2.45, 2.75) is 18.4 Å². The number of carbonyl (C=O) groups excluding carboxylic acids is 1. The number of rotatable bonds is 3. The Kier molecular flexibility index (Phi) is 3.81. The molecule has 0 unspecified atom stereocenters. The van der Waals surface area contributed by atoms with Gasteiger partial charge in [0, 0.05) is 9.77 Å². The van der Waals surface area contributed by atoms with Crippen LogP contribution in [0.5, 0.6) is 0 Å². The van der Waals surface area contributed by atoms with E-state index in [1.807, 2.05) is 19.1 Å². The average molecular weight is 264 g/mol. The third-order valence-corrected chi connectivity index (χ3v) is 3.73. The molecular formula is C12H12N2OS2. The standard InChI is InChI=1S/C12H12N2OS2/c1-8-11(17-7-14-8)6-13-12(15)9-4-2-3-5-10(9)16/h2-5,7,16H,6H2,1H3,(H,13,15). The fourth-order valence-corrected chi connectivity index (χ4v) is 2.40. The summed E-state index contributed by atoms with van der Waals surface area (Å²) in [5.41, 5.74) is 3.34. The van der Waals surface area contributed by atoms with Crippen LogP contribution in [0.1, 0.15) is 20.9 Å². The molecule has 0 aliphatic carbocycles. The van der Waals surface area contributed by atoms with E-state index in [9.17, 15) is 4.79 Å². The molecule has 5 heteroatoms. The molecule has 0 radical (unpaired) electrons. The van der Waals surface area contributed by atoms with Crippen LogP contribution in [-0.2, 0) is 6.54 Å². The summed E-state index contributed by atoms with van der Waals surface area (Å²) in [5, 5.41) is 2.87. The van der Waals surface area contributed by atoms with E-state index in [1.54, 1.807) is 29.0 Å². The van der Waals surface area contributed by atoms with Crippen LogP contribution in [-0.4, -0.2) is 10.9 Å². The van der Waals surface area contributed by atoms with Crippen molar-refractivity contribution in [3.8, 4) is 0 Å². The zero-order valence-electron chi connectivity index (χ0n) is 9.30. The summed E-state index contributed by atoms with van der Waals surface area (Å²) in [5.74, 6) is -0.108. The molecule has 2 rings (SSSR count). The van der Waals surface area contributed by atoms with Crippen LogP contribution < -0.4 is 5.32 Å². The van der Waals surface area contributed by atoms with Gasteiger partial charge in [-0.3, -0.25) is 4.79 Å². The molecule has 0 saturated heterocycles. The van der Waals surface area contributed by atoms with Gasteiger partial charge in [-0.1, -0.05) is 12.1 Å². The van der Waals surface area contributed by atoms with Gasteiger partial charge in [-0.05, 0) is 19.1 Å². The highest BCUT2D eigenvalue weighted by atomic mass is 32.1. The third-order valence-electron chi connectivity index (χ3n) is 2.40. The predicted molar refractivity (Wildman–Crippen MR) is 71.7 cm³/mol. The predicted octanol–water partition coefficient (Wildman–Crippen LogP) is 2.67. The highest BCUT2D eigenvalue weighted by Crippen LogP contribution is 2.14. The van der Waals surface area contributed by atoms with Gasteiger partial charge in [-0.25, -0.2) is 4.98 Å². The molecule has 1 heterocycles. The number of thiol groups is 1. The molecule has 0 atom stereocenters. The number of amides is 1. The number of aryl methyl sites for hydroxylation is 1. The van der Waals surface area contributed by atoms with Gasteiger partial charge in [0.2, 0.25) is 0 Å². The maximum Gasteiger partial charge on any atom is 0.252 e. The molecule has 17 heavy (non-hydrogen) atoms. The Bertz CT molecular complexity index is 537. The second-order valence-electron chi connectivity index (χ2n) is 3.56. The summed E-state index contributed by atoms with van der Waals surface area (Å²) < 4.78 is 0. The first-order chi connectivity index (χ1) is 8.18. The minimum Gasteiger partial charge on any atom is -0.347 e. The quantitative estimate of drug-likeness (QED) is 0.837. The first-order valence-corrected chi connectivity index (χ1v) is 6.46. The zero-order valence-corrected chi connectivity index (χ0v) is 11.0. The van der Waals surface area contributed by atoms with Crippen molar-refractivity contribution in [1.82, 2.24) is 10.3 Å². The van der Waals surface area contributed by atoms with Crippen molar-refractivity contribution in [2.75, 3.05) is 0 Å². The zero-order chi connectivity index (χ0) is 12.3. The number of benzene rings is 1. The van der Waals surface area contributed by atoms with Gasteiger partial charge in [-0.15, -0.1) is 24.0 Å². The average Bonchev–Trinajstić information content (AvgIpc) is 2.72. The number of nitrogens with zero attached hydrogens (tertiary/aromatic N) is 1. The summed E-state index contributed by atoms with van der Waals surface area (Å²) >= 11 is 5.80. The van der Waals surface area contributed by atoms with E-state index in [4.69, 9.17) is 0 Å². The maximum absolute atomic E-state index is 11.9. The van der Waals surface area contributed by atoms with Crippen molar-refractivity contribution < 1.29 is 4.79 Å². The largest absolute Gasteiger partial charge is 0.347 e. The molecular weight excluding hydrogens is 252 g/mol. The van der Waals surface area contributed by atoms with E-state index in [-0.39, 0.29) is 5.91 Å². The van der Waals surface area contributed by atoms with Crippen molar-refractivity contribution in [1.29, 1.82) is 0 Å². The molecule has 88 valence electrons. The van der Waals surface area contributed by atoms with Gasteiger partial charge in [-0.2, -0.15) is 0 Å². The Balaban J connectivity index is 2.04. The van der Waals surface area contributed by atoms with Gasteiger partial charge >= 0.3 is 0 Å². The molecule has 3 nitrogen and oxygen atoms in total.